The lowest BCUT2D eigenvalue weighted by Crippen LogP contribution is -2.34. The first-order chi connectivity index (χ1) is 10.0. The van der Waals surface area contributed by atoms with Gasteiger partial charge >= 0.3 is 11.7 Å². The first-order valence-corrected chi connectivity index (χ1v) is 7.98. The van der Waals surface area contributed by atoms with E-state index in [1.807, 2.05) is 6.26 Å². The SMILES string of the molecule is CSC1CCCCC1Nc1ncc(C(=O)O)cc1[N+](=O)[O-]. The first-order valence-electron chi connectivity index (χ1n) is 6.70. The molecule has 7 nitrogen and oxygen atoms in total. The van der Waals surface area contributed by atoms with Crippen LogP contribution < -0.4 is 5.32 Å². The zero-order valence-corrected chi connectivity index (χ0v) is 12.4. The standard InChI is InChI=1S/C13H17N3O4S/c1-21-11-5-3-2-4-9(11)15-12-10(16(19)20)6-8(7-14-12)13(17)18/h6-7,9,11H,2-5H2,1H3,(H,14,15)(H,17,18). The summed E-state index contributed by atoms with van der Waals surface area (Å²) in [6.45, 7) is 0. The third kappa shape index (κ3) is 3.63. The molecule has 0 aromatic carbocycles. The zero-order chi connectivity index (χ0) is 15.4. The molecule has 8 heteroatoms. The van der Waals surface area contributed by atoms with Crippen molar-refractivity contribution < 1.29 is 14.8 Å². The number of pyridine rings is 1. The summed E-state index contributed by atoms with van der Waals surface area (Å²) in [7, 11) is 0. The molecule has 0 aliphatic heterocycles. The van der Waals surface area contributed by atoms with Crippen LogP contribution in [0.4, 0.5) is 11.5 Å². The van der Waals surface area contributed by atoms with Gasteiger partial charge in [0.05, 0.1) is 10.5 Å². The second kappa shape index (κ2) is 6.75. The van der Waals surface area contributed by atoms with Gasteiger partial charge in [-0.2, -0.15) is 11.8 Å². The predicted molar refractivity (Wildman–Crippen MR) is 81.0 cm³/mol. The maximum absolute atomic E-state index is 11.1. The molecule has 21 heavy (non-hydrogen) atoms. The Morgan fingerprint density at radius 2 is 2.24 bits per heavy atom. The number of hydrogen-bond acceptors (Lipinski definition) is 6. The van der Waals surface area contributed by atoms with E-state index < -0.39 is 10.9 Å². The Hall–Kier alpha value is -1.83. The molecular weight excluding hydrogens is 294 g/mol. The van der Waals surface area contributed by atoms with Crippen LogP contribution in [0.2, 0.25) is 0 Å². The highest BCUT2D eigenvalue weighted by molar-refractivity contribution is 7.99. The Labute approximate surface area is 126 Å². The van der Waals surface area contributed by atoms with E-state index in [2.05, 4.69) is 10.3 Å². The van der Waals surface area contributed by atoms with Crippen molar-refractivity contribution in [1.82, 2.24) is 4.98 Å². The smallest absolute Gasteiger partial charge is 0.337 e. The third-order valence-electron chi connectivity index (χ3n) is 3.64. The summed E-state index contributed by atoms with van der Waals surface area (Å²) in [5.41, 5.74) is -0.474. The van der Waals surface area contributed by atoms with Gasteiger partial charge in [-0.1, -0.05) is 12.8 Å². The zero-order valence-electron chi connectivity index (χ0n) is 11.6. The molecule has 1 aromatic heterocycles. The lowest BCUT2D eigenvalue weighted by Gasteiger charge is -2.31. The number of carboxylic acid groups (broad SMARTS) is 1. The van der Waals surface area contributed by atoms with Crippen LogP contribution in [0.25, 0.3) is 0 Å². The average Bonchev–Trinajstić information content (AvgIpc) is 2.47. The molecule has 1 aliphatic carbocycles. The molecule has 1 fully saturated rings. The van der Waals surface area contributed by atoms with Gasteiger partial charge in [0, 0.05) is 23.6 Å². The highest BCUT2D eigenvalue weighted by Gasteiger charge is 2.27. The van der Waals surface area contributed by atoms with Crippen molar-refractivity contribution >= 4 is 29.2 Å². The summed E-state index contributed by atoms with van der Waals surface area (Å²) in [6.07, 6.45) is 7.42. The summed E-state index contributed by atoms with van der Waals surface area (Å²) in [6, 6.07) is 1.17. The lowest BCUT2D eigenvalue weighted by molar-refractivity contribution is -0.384. The Balaban J connectivity index is 2.26. The molecule has 0 bridgehead atoms. The first kappa shape index (κ1) is 15.6. The quantitative estimate of drug-likeness (QED) is 0.636. The van der Waals surface area contributed by atoms with Crippen LogP contribution in [0.5, 0.6) is 0 Å². The van der Waals surface area contributed by atoms with E-state index in [0.717, 1.165) is 37.9 Å². The summed E-state index contributed by atoms with van der Waals surface area (Å²) >= 11 is 1.74. The number of carbonyl (C=O) groups is 1. The number of hydrogen-bond donors (Lipinski definition) is 2. The number of thioether (sulfide) groups is 1. The molecule has 1 aliphatic rings. The Bertz CT molecular complexity index is 552. The van der Waals surface area contributed by atoms with E-state index in [9.17, 15) is 14.9 Å². The fourth-order valence-corrected chi connectivity index (χ4v) is 3.48. The molecule has 2 rings (SSSR count). The maximum Gasteiger partial charge on any atom is 0.337 e. The van der Waals surface area contributed by atoms with Gasteiger partial charge < -0.3 is 10.4 Å². The van der Waals surface area contributed by atoms with E-state index in [1.165, 1.54) is 0 Å². The van der Waals surface area contributed by atoms with Crippen molar-refractivity contribution in [1.29, 1.82) is 0 Å². The third-order valence-corrected chi connectivity index (χ3v) is 4.81. The summed E-state index contributed by atoms with van der Waals surface area (Å²) < 4.78 is 0. The van der Waals surface area contributed by atoms with Crippen molar-refractivity contribution in [3.63, 3.8) is 0 Å². The highest BCUT2D eigenvalue weighted by atomic mass is 32.2. The van der Waals surface area contributed by atoms with Crippen molar-refractivity contribution in [3.05, 3.63) is 27.9 Å². The van der Waals surface area contributed by atoms with Crippen molar-refractivity contribution in [3.8, 4) is 0 Å². The number of anilines is 1. The van der Waals surface area contributed by atoms with E-state index in [-0.39, 0.29) is 23.1 Å². The molecule has 1 heterocycles. The Morgan fingerprint density at radius 3 is 2.86 bits per heavy atom. The highest BCUT2D eigenvalue weighted by Crippen LogP contribution is 2.31. The molecule has 114 valence electrons. The molecule has 2 atom stereocenters. The minimum Gasteiger partial charge on any atom is -0.478 e. The van der Waals surface area contributed by atoms with Crippen LogP contribution in [-0.4, -0.2) is 38.5 Å². The number of carboxylic acids is 1. The molecule has 0 saturated heterocycles. The molecule has 1 saturated carbocycles. The molecule has 0 amide bonds. The van der Waals surface area contributed by atoms with Gasteiger partial charge in [-0.05, 0) is 19.1 Å². The largest absolute Gasteiger partial charge is 0.478 e. The molecule has 2 N–H and O–H groups in total. The number of aromatic nitrogens is 1. The summed E-state index contributed by atoms with van der Waals surface area (Å²) in [4.78, 5) is 25.3. The predicted octanol–water partition coefficient (Wildman–Crippen LogP) is 2.77. The molecule has 0 spiro atoms. The van der Waals surface area contributed by atoms with Gasteiger partial charge in [-0.15, -0.1) is 0 Å². The number of nitrogens with zero attached hydrogens (tertiary/aromatic N) is 2. The van der Waals surface area contributed by atoms with E-state index in [4.69, 9.17) is 5.11 Å². The van der Waals surface area contributed by atoms with Crippen molar-refractivity contribution in [2.75, 3.05) is 11.6 Å². The van der Waals surface area contributed by atoms with E-state index >= 15 is 0 Å². The van der Waals surface area contributed by atoms with Gasteiger partial charge in [-0.25, -0.2) is 9.78 Å². The van der Waals surface area contributed by atoms with Gasteiger partial charge in [0.15, 0.2) is 0 Å². The summed E-state index contributed by atoms with van der Waals surface area (Å²) in [5.74, 6) is -1.08. The fraction of sp³-hybridized carbons (Fsp3) is 0.538. The van der Waals surface area contributed by atoms with Gasteiger partial charge in [0.25, 0.3) is 0 Å². The second-order valence-electron chi connectivity index (χ2n) is 4.96. The van der Waals surface area contributed by atoms with E-state index in [0.29, 0.717) is 5.25 Å². The van der Waals surface area contributed by atoms with Crippen LogP contribution in [0, 0.1) is 10.1 Å². The topological polar surface area (TPSA) is 105 Å². The number of rotatable bonds is 5. The van der Waals surface area contributed by atoms with Gasteiger partial charge in [0.1, 0.15) is 0 Å². The van der Waals surface area contributed by atoms with Crippen LogP contribution in [0.15, 0.2) is 12.3 Å². The van der Waals surface area contributed by atoms with E-state index in [1.54, 1.807) is 11.8 Å². The minimum atomic E-state index is -1.23. The fourth-order valence-electron chi connectivity index (χ4n) is 2.54. The Kier molecular flexibility index (Phi) is 5.00. The normalized spacial score (nSPS) is 21.8. The molecule has 1 aromatic rings. The van der Waals surface area contributed by atoms with Crippen LogP contribution in [0.1, 0.15) is 36.0 Å². The van der Waals surface area contributed by atoms with Gasteiger partial charge in [0.2, 0.25) is 5.82 Å². The number of aromatic carboxylic acids is 1. The number of nitro groups is 1. The van der Waals surface area contributed by atoms with Crippen molar-refractivity contribution in [2.45, 2.75) is 37.0 Å². The molecular formula is C13H17N3O4S. The monoisotopic (exact) mass is 311 g/mol. The maximum atomic E-state index is 11.1. The average molecular weight is 311 g/mol. The van der Waals surface area contributed by atoms with Crippen molar-refractivity contribution in [2.24, 2.45) is 0 Å². The second-order valence-corrected chi connectivity index (χ2v) is 6.04. The molecule has 2 unspecified atom stereocenters. The molecule has 0 radical (unpaired) electrons. The van der Waals surface area contributed by atoms with Gasteiger partial charge in [-0.3, -0.25) is 10.1 Å². The minimum absolute atomic E-state index is 0.121. The van der Waals surface area contributed by atoms with Crippen LogP contribution in [-0.2, 0) is 0 Å². The lowest BCUT2D eigenvalue weighted by atomic mass is 9.95. The number of nitrogens with one attached hydrogen (secondary N) is 1. The van der Waals surface area contributed by atoms with Crippen LogP contribution >= 0.6 is 11.8 Å². The summed E-state index contributed by atoms with van der Waals surface area (Å²) in [5, 5.41) is 23.5. The van der Waals surface area contributed by atoms with Crippen LogP contribution in [0.3, 0.4) is 0 Å². The Morgan fingerprint density at radius 1 is 1.52 bits per heavy atom.